The second kappa shape index (κ2) is 9.89. The number of aliphatic carboxylic acids is 1. The molecule has 0 bridgehead atoms. The second-order valence-electron chi connectivity index (χ2n) is 9.60. The van der Waals surface area contributed by atoms with Gasteiger partial charge in [-0.2, -0.15) is 0 Å². The first-order valence-corrected chi connectivity index (χ1v) is 12.9. The van der Waals surface area contributed by atoms with E-state index in [0.29, 0.717) is 27.2 Å². The van der Waals surface area contributed by atoms with Gasteiger partial charge in [0.25, 0.3) is 0 Å². The van der Waals surface area contributed by atoms with Crippen LogP contribution >= 0.6 is 15.9 Å². The number of carboxylic acid groups (broad SMARTS) is 1. The summed E-state index contributed by atoms with van der Waals surface area (Å²) in [7, 11) is 3.01. The molecule has 0 aromatic heterocycles. The largest absolute Gasteiger partial charge is 0.493 e. The Labute approximate surface area is 228 Å². The van der Waals surface area contributed by atoms with Crippen molar-refractivity contribution in [3.05, 3.63) is 87.9 Å². The number of carbonyl (C=O) groups excluding carboxylic acids is 2. The Morgan fingerprint density at radius 3 is 2.34 bits per heavy atom. The smallest absolute Gasteiger partial charge is 0.325 e. The quantitative estimate of drug-likeness (QED) is 0.403. The predicted octanol–water partition coefficient (Wildman–Crippen LogP) is 4.29. The van der Waals surface area contributed by atoms with Crippen LogP contribution in [-0.2, 0) is 20.8 Å². The number of nitrogens with one attached hydrogen (secondary N) is 1. The molecule has 3 aromatic rings. The van der Waals surface area contributed by atoms with Gasteiger partial charge in [0.2, 0.25) is 11.8 Å². The van der Waals surface area contributed by atoms with Crippen LogP contribution in [0.3, 0.4) is 0 Å². The van der Waals surface area contributed by atoms with Gasteiger partial charge in [-0.05, 0) is 57.7 Å². The molecule has 4 atom stereocenters. The molecule has 38 heavy (non-hydrogen) atoms. The molecular weight excluding hydrogens is 552 g/mol. The number of aryl methyl sites for hydroxylation is 1. The summed E-state index contributed by atoms with van der Waals surface area (Å²) >= 11 is 3.50. The van der Waals surface area contributed by atoms with E-state index in [1.165, 1.54) is 14.2 Å². The number of fused-ring (bicyclic) bond motifs is 1. The number of rotatable bonds is 7. The first kappa shape index (κ1) is 25.9. The lowest BCUT2D eigenvalue weighted by Gasteiger charge is -2.31. The number of methoxy groups -OCH3 is 2. The minimum atomic E-state index is -1.72. The monoisotopic (exact) mass is 578 g/mol. The number of halogens is 1. The van der Waals surface area contributed by atoms with Crippen molar-refractivity contribution < 1.29 is 29.0 Å². The number of amides is 2. The van der Waals surface area contributed by atoms with Crippen LogP contribution in [0.15, 0.2) is 71.2 Å². The van der Waals surface area contributed by atoms with Crippen molar-refractivity contribution in [3.8, 4) is 11.5 Å². The van der Waals surface area contributed by atoms with E-state index >= 15 is 0 Å². The van der Waals surface area contributed by atoms with Gasteiger partial charge in [0.05, 0.1) is 36.2 Å². The normalized spacial score (nSPS) is 24.4. The highest BCUT2D eigenvalue weighted by Gasteiger charge is 2.68. The molecule has 2 aliphatic heterocycles. The molecule has 2 heterocycles. The van der Waals surface area contributed by atoms with Gasteiger partial charge in [0.1, 0.15) is 5.54 Å². The van der Waals surface area contributed by atoms with Gasteiger partial charge in [-0.3, -0.25) is 19.7 Å². The minimum absolute atomic E-state index is 0.0237. The van der Waals surface area contributed by atoms with E-state index < -0.39 is 41.2 Å². The number of anilines is 1. The topological polar surface area (TPSA) is 105 Å². The van der Waals surface area contributed by atoms with E-state index in [2.05, 4.69) is 21.2 Å². The lowest BCUT2D eigenvalue weighted by Crippen LogP contribution is -2.57. The molecule has 196 valence electrons. The fourth-order valence-electron chi connectivity index (χ4n) is 5.81. The fraction of sp³-hybridized carbons (Fsp3) is 0.276. The molecule has 2 amide bonds. The van der Waals surface area contributed by atoms with Gasteiger partial charge >= 0.3 is 5.97 Å². The highest BCUT2D eigenvalue weighted by Crippen LogP contribution is 2.52. The Morgan fingerprint density at radius 2 is 1.71 bits per heavy atom. The number of ether oxygens (including phenoxy) is 2. The van der Waals surface area contributed by atoms with Gasteiger partial charge in [-0.15, -0.1) is 0 Å². The van der Waals surface area contributed by atoms with Crippen LogP contribution in [0.2, 0.25) is 0 Å². The number of hydrogen-bond donors (Lipinski definition) is 2. The number of hydrogen-bond acceptors (Lipinski definition) is 6. The van der Waals surface area contributed by atoms with Gasteiger partial charge in [-0.25, -0.2) is 4.90 Å². The SMILES string of the molecule is COc1cc(C2NC(Cc3ccccc3)(C(=O)O)C3C(=O)N(c4ccccc4C)C(=O)C23)cc(Br)c1OC. The Hall–Kier alpha value is -3.69. The van der Waals surface area contributed by atoms with Gasteiger partial charge < -0.3 is 14.6 Å². The molecule has 0 spiro atoms. The highest BCUT2D eigenvalue weighted by atomic mass is 79.9. The maximum atomic E-state index is 14.1. The van der Waals surface area contributed by atoms with Crippen LogP contribution in [0.25, 0.3) is 0 Å². The number of para-hydroxylation sites is 1. The zero-order chi connectivity index (χ0) is 27.2. The van der Waals surface area contributed by atoms with E-state index in [1.807, 2.05) is 49.4 Å². The molecule has 2 saturated heterocycles. The summed E-state index contributed by atoms with van der Waals surface area (Å²) in [5.74, 6) is -3.35. The molecule has 4 unspecified atom stereocenters. The summed E-state index contributed by atoms with van der Waals surface area (Å²) in [6.07, 6.45) is 0.0237. The third kappa shape index (κ3) is 3.97. The molecule has 2 fully saturated rings. The average Bonchev–Trinajstić information content (AvgIpc) is 3.38. The summed E-state index contributed by atoms with van der Waals surface area (Å²) < 4.78 is 11.5. The van der Waals surface area contributed by atoms with Crippen LogP contribution in [0.5, 0.6) is 11.5 Å². The molecule has 0 radical (unpaired) electrons. The molecule has 0 saturated carbocycles. The molecule has 0 aliphatic carbocycles. The fourth-order valence-corrected chi connectivity index (χ4v) is 6.43. The van der Waals surface area contributed by atoms with Crippen molar-refractivity contribution in [2.45, 2.75) is 24.9 Å². The molecule has 9 heteroatoms. The first-order chi connectivity index (χ1) is 18.2. The van der Waals surface area contributed by atoms with Crippen molar-refractivity contribution in [2.24, 2.45) is 11.8 Å². The average molecular weight is 579 g/mol. The molecule has 5 rings (SSSR count). The van der Waals surface area contributed by atoms with E-state index in [9.17, 15) is 19.5 Å². The van der Waals surface area contributed by atoms with Gasteiger partial charge in [-0.1, -0.05) is 48.5 Å². The Bertz CT molecular complexity index is 1430. The summed E-state index contributed by atoms with van der Waals surface area (Å²) in [4.78, 5) is 42.4. The summed E-state index contributed by atoms with van der Waals surface area (Å²) in [5, 5.41) is 13.9. The Morgan fingerprint density at radius 1 is 1.03 bits per heavy atom. The molecule has 8 nitrogen and oxygen atoms in total. The first-order valence-electron chi connectivity index (χ1n) is 12.1. The third-order valence-electron chi connectivity index (χ3n) is 7.53. The summed E-state index contributed by atoms with van der Waals surface area (Å²) in [6.45, 7) is 1.82. The summed E-state index contributed by atoms with van der Waals surface area (Å²) in [6, 6.07) is 18.9. The van der Waals surface area contributed by atoms with Crippen LogP contribution in [-0.4, -0.2) is 42.6 Å². The second-order valence-corrected chi connectivity index (χ2v) is 10.5. The van der Waals surface area contributed by atoms with E-state index in [1.54, 1.807) is 24.3 Å². The molecule has 3 aromatic carbocycles. The molecule has 2 aliphatic rings. The molecule has 2 N–H and O–H groups in total. The highest BCUT2D eigenvalue weighted by molar-refractivity contribution is 9.10. The minimum Gasteiger partial charge on any atom is -0.493 e. The van der Waals surface area contributed by atoms with Crippen LogP contribution in [0, 0.1) is 18.8 Å². The maximum Gasteiger partial charge on any atom is 0.325 e. The van der Waals surface area contributed by atoms with Crippen molar-refractivity contribution in [2.75, 3.05) is 19.1 Å². The number of carbonyl (C=O) groups is 3. The Kier molecular flexibility index (Phi) is 6.75. The van der Waals surface area contributed by atoms with Crippen molar-refractivity contribution in [3.63, 3.8) is 0 Å². The third-order valence-corrected chi connectivity index (χ3v) is 8.12. The zero-order valence-corrected chi connectivity index (χ0v) is 22.7. The van der Waals surface area contributed by atoms with E-state index in [0.717, 1.165) is 16.0 Å². The van der Waals surface area contributed by atoms with E-state index in [-0.39, 0.29) is 6.42 Å². The standard InChI is InChI=1S/C29H27BrN2O6/c1-16-9-7-8-12-20(16)32-26(33)22-23(27(32)34)29(28(35)36,15-17-10-5-4-6-11-17)31-24(22)18-13-19(30)25(38-3)21(14-18)37-2/h4-14,22-24,31H,15H2,1-3H3,(H,35,36). The van der Waals surface area contributed by atoms with E-state index in [4.69, 9.17) is 9.47 Å². The lowest BCUT2D eigenvalue weighted by atomic mass is 9.76. The number of benzene rings is 3. The van der Waals surface area contributed by atoms with Crippen LogP contribution in [0.4, 0.5) is 5.69 Å². The van der Waals surface area contributed by atoms with Crippen LogP contribution in [0.1, 0.15) is 22.7 Å². The van der Waals surface area contributed by atoms with Crippen molar-refractivity contribution in [1.29, 1.82) is 0 Å². The Balaban J connectivity index is 1.70. The number of imide groups is 1. The lowest BCUT2D eigenvalue weighted by molar-refractivity contribution is -0.148. The zero-order valence-electron chi connectivity index (χ0n) is 21.1. The van der Waals surface area contributed by atoms with Crippen molar-refractivity contribution >= 4 is 39.4 Å². The predicted molar refractivity (Wildman–Crippen MR) is 144 cm³/mol. The van der Waals surface area contributed by atoms with Crippen molar-refractivity contribution in [1.82, 2.24) is 5.32 Å². The maximum absolute atomic E-state index is 14.1. The van der Waals surface area contributed by atoms with Crippen LogP contribution < -0.4 is 19.7 Å². The summed E-state index contributed by atoms with van der Waals surface area (Å²) in [5.41, 5.74) is 0.832. The van der Waals surface area contributed by atoms with Gasteiger partial charge in [0, 0.05) is 12.5 Å². The molecular formula is C29H27BrN2O6. The van der Waals surface area contributed by atoms with Gasteiger partial charge in [0.15, 0.2) is 11.5 Å². The number of nitrogens with zero attached hydrogens (tertiary/aromatic N) is 1. The number of carboxylic acids is 1.